The molecule has 0 fully saturated rings. The molecule has 0 saturated heterocycles. The average Bonchev–Trinajstić information content (AvgIpc) is 2.75. The summed E-state index contributed by atoms with van der Waals surface area (Å²) in [7, 11) is 0. The normalized spacial score (nSPS) is 10.8. The van der Waals surface area contributed by atoms with Crippen molar-refractivity contribution in [1.29, 1.82) is 0 Å². The number of nitrogens with one attached hydrogen (secondary N) is 1. The van der Waals surface area contributed by atoms with Crippen molar-refractivity contribution in [2.75, 3.05) is 11.1 Å². The molecule has 2 aromatic heterocycles. The minimum atomic E-state index is -0.173. The fraction of sp³-hybridized carbons (Fsp3) is 0.0909. The van der Waals surface area contributed by atoms with Gasteiger partial charge in [-0.3, -0.25) is 19.1 Å². The molecule has 0 aliphatic heterocycles. The zero-order valence-electron chi connectivity index (χ0n) is 15.8. The zero-order valence-corrected chi connectivity index (χ0v) is 18.2. The summed E-state index contributed by atoms with van der Waals surface area (Å²) in [5, 5.41) is 3.90. The van der Waals surface area contributed by atoms with Gasteiger partial charge < -0.3 is 5.32 Å². The van der Waals surface area contributed by atoms with Gasteiger partial charge in [-0.05, 0) is 42.0 Å². The summed E-state index contributed by atoms with van der Waals surface area (Å²) in [6.45, 7) is 0.333. The van der Waals surface area contributed by atoms with Crippen molar-refractivity contribution in [1.82, 2.24) is 14.5 Å². The SMILES string of the molecule is O=C(CSc1nc2ccccc2c(=O)n1Cc1cccnc1)Nc1cccc(Br)c1. The average molecular weight is 481 g/mol. The topological polar surface area (TPSA) is 76.9 Å². The molecule has 2 aromatic carbocycles. The van der Waals surface area contributed by atoms with Crippen molar-refractivity contribution >= 4 is 50.2 Å². The lowest BCUT2D eigenvalue weighted by Crippen LogP contribution is -2.25. The number of aromatic nitrogens is 3. The first-order valence-electron chi connectivity index (χ1n) is 9.17. The summed E-state index contributed by atoms with van der Waals surface area (Å²) < 4.78 is 2.48. The van der Waals surface area contributed by atoms with Gasteiger partial charge >= 0.3 is 0 Å². The van der Waals surface area contributed by atoms with Crippen molar-refractivity contribution in [3.63, 3.8) is 0 Å². The molecule has 0 atom stereocenters. The number of anilines is 1. The Morgan fingerprint density at radius 3 is 2.77 bits per heavy atom. The molecule has 4 rings (SSSR count). The Bertz CT molecular complexity index is 1260. The number of amides is 1. The molecule has 0 aliphatic rings. The van der Waals surface area contributed by atoms with Crippen LogP contribution in [0, 0.1) is 0 Å². The van der Waals surface area contributed by atoms with E-state index in [0.29, 0.717) is 28.3 Å². The predicted octanol–water partition coefficient (Wildman–Crippen LogP) is 4.33. The summed E-state index contributed by atoms with van der Waals surface area (Å²) in [6.07, 6.45) is 3.41. The van der Waals surface area contributed by atoms with E-state index in [0.717, 1.165) is 10.0 Å². The molecule has 1 N–H and O–H groups in total. The summed E-state index contributed by atoms with van der Waals surface area (Å²) in [4.78, 5) is 34.3. The van der Waals surface area contributed by atoms with Crippen LogP contribution in [-0.4, -0.2) is 26.2 Å². The Hall–Kier alpha value is -2.97. The number of carbonyl (C=O) groups excluding carboxylic acids is 1. The van der Waals surface area contributed by atoms with Crippen LogP contribution in [0.4, 0.5) is 5.69 Å². The molecule has 4 aromatic rings. The lowest BCUT2D eigenvalue weighted by molar-refractivity contribution is -0.113. The molecule has 1 amide bonds. The Kier molecular flexibility index (Phi) is 6.25. The molecule has 0 aliphatic carbocycles. The molecule has 0 radical (unpaired) electrons. The second kappa shape index (κ2) is 9.23. The van der Waals surface area contributed by atoms with Crippen molar-refractivity contribution in [3.8, 4) is 0 Å². The highest BCUT2D eigenvalue weighted by Crippen LogP contribution is 2.20. The van der Waals surface area contributed by atoms with Crippen LogP contribution in [-0.2, 0) is 11.3 Å². The maximum atomic E-state index is 13.1. The van der Waals surface area contributed by atoms with E-state index >= 15 is 0 Å². The maximum Gasteiger partial charge on any atom is 0.262 e. The minimum Gasteiger partial charge on any atom is -0.325 e. The van der Waals surface area contributed by atoms with Crippen LogP contribution >= 0.6 is 27.7 Å². The Balaban J connectivity index is 1.61. The second-order valence-corrected chi connectivity index (χ2v) is 8.37. The van der Waals surface area contributed by atoms with Crippen LogP contribution < -0.4 is 10.9 Å². The number of para-hydroxylation sites is 1. The van der Waals surface area contributed by atoms with Crippen LogP contribution in [0.1, 0.15) is 5.56 Å². The maximum absolute atomic E-state index is 13.1. The van der Waals surface area contributed by atoms with Gasteiger partial charge in [0.25, 0.3) is 5.56 Å². The van der Waals surface area contributed by atoms with Crippen LogP contribution in [0.15, 0.2) is 87.5 Å². The van der Waals surface area contributed by atoms with Gasteiger partial charge in [0.2, 0.25) is 5.91 Å². The highest BCUT2D eigenvalue weighted by Gasteiger charge is 2.14. The molecule has 30 heavy (non-hydrogen) atoms. The molecular weight excluding hydrogens is 464 g/mol. The first-order valence-corrected chi connectivity index (χ1v) is 10.9. The van der Waals surface area contributed by atoms with Gasteiger partial charge in [-0.25, -0.2) is 4.98 Å². The minimum absolute atomic E-state index is 0.129. The fourth-order valence-electron chi connectivity index (χ4n) is 2.96. The highest BCUT2D eigenvalue weighted by molar-refractivity contribution is 9.10. The molecule has 150 valence electrons. The summed E-state index contributed by atoms with van der Waals surface area (Å²) in [5.41, 5.74) is 2.06. The molecule has 2 heterocycles. The van der Waals surface area contributed by atoms with Gasteiger partial charge in [0.1, 0.15) is 0 Å². The molecular formula is C22H17BrN4O2S. The smallest absolute Gasteiger partial charge is 0.262 e. The van der Waals surface area contributed by atoms with Gasteiger partial charge in [0, 0.05) is 22.6 Å². The highest BCUT2D eigenvalue weighted by atomic mass is 79.9. The van der Waals surface area contributed by atoms with Gasteiger partial charge in [0.15, 0.2) is 5.16 Å². The Morgan fingerprint density at radius 1 is 1.10 bits per heavy atom. The van der Waals surface area contributed by atoms with E-state index in [1.54, 1.807) is 29.1 Å². The number of nitrogens with zero attached hydrogens (tertiary/aromatic N) is 3. The number of fused-ring (bicyclic) bond motifs is 1. The summed E-state index contributed by atoms with van der Waals surface area (Å²) in [6, 6.07) is 18.3. The fourth-order valence-corrected chi connectivity index (χ4v) is 4.16. The molecule has 6 nitrogen and oxygen atoms in total. The Labute approximate surface area is 185 Å². The van der Waals surface area contributed by atoms with E-state index in [1.807, 2.05) is 48.5 Å². The zero-order chi connectivity index (χ0) is 20.9. The van der Waals surface area contributed by atoms with E-state index in [-0.39, 0.29) is 17.2 Å². The van der Waals surface area contributed by atoms with Crippen LogP contribution in [0.3, 0.4) is 0 Å². The number of halogens is 1. The first kappa shape index (κ1) is 20.3. The third kappa shape index (κ3) is 4.77. The molecule has 0 spiro atoms. The van der Waals surface area contributed by atoms with Crippen LogP contribution in [0.5, 0.6) is 0 Å². The lowest BCUT2D eigenvalue weighted by atomic mass is 10.2. The molecule has 0 unspecified atom stereocenters. The molecule has 8 heteroatoms. The van der Waals surface area contributed by atoms with Gasteiger partial charge in [-0.1, -0.05) is 52.0 Å². The first-order chi connectivity index (χ1) is 14.6. The number of carbonyl (C=O) groups is 1. The largest absolute Gasteiger partial charge is 0.325 e. The predicted molar refractivity (Wildman–Crippen MR) is 123 cm³/mol. The lowest BCUT2D eigenvalue weighted by Gasteiger charge is -2.13. The van der Waals surface area contributed by atoms with E-state index in [2.05, 4.69) is 31.2 Å². The third-order valence-corrected chi connectivity index (χ3v) is 5.80. The molecule has 0 bridgehead atoms. The van der Waals surface area contributed by atoms with Gasteiger partial charge in [-0.15, -0.1) is 0 Å². The van der Waals surface area contributed by atoms with Crippen molar-refractivity contribution in [2.45, 2.75) is 11.7 Å². The number of pyridine rings is 1. The van der Waals surface area contributed by atoms with Crippen molar-refractivity contribution in [2.24, 2.45) is 0 Å². The number of rotatable bonds is 6. The van der Waals surface area contributed by atoms with Gasteiger partial charge in [-0.2, -0.15) is 0 Å². The third-order valence-electron chi connectivity index (χ3n) is 4.33. The van der Waals surface area contributed by atoms with Gasteiger partial charge in [0.05, 0.1) is 23.2 Å². The Morgan fingerprint density at radius 2 is 1.97 bits per heavy atom. The van der Waals surface area contributed by atoms with E-state index in [9.17, 15) is 9.59 Å². The summed E-state index contributed by atoms with van der Waals surface area (Å²) in [5.74, 6) is -0.0434. The van der Waals surface area contributed by atoms with E-state index < -0.39 is 0 Å². The van der Waals surface area contributed by atoms with Crippen LogP contribution in [0.25, 0.3) is 10.9 Å². The quantitative estimate of drug-likeness (QED) is 0.328. The monoisotopic (exact) mass is 480 g/mol. The van der Waals surface area contributed by atoms with Crippen molar-refractivity contribution < 1.29 is 4.79 Å². The second-order valence-electron chi connectivity index (χ2n) is 6.51. The van der Waals surface area contributed by atoms with E-state index in [4.69, 9.17) is 0 Å². The summed E-state index contributed by atoms with van der Waals surface area (Å²) >= 11 is 4.62. The number of hydrogen-bond donors (Lipinski definition) is 1. The standard InChI is InChI=1S/C22H17BrN4O2S/c23-16-6-3-7-17(11-16)25-20(28)14-30-22-26-19-9-2-1-8-18(19)21(29)27(22)13-15-5-4-10-24-12-15/h1-12H,13-14H2,(H,25,28). The number of hydrogen-bond acceptors (Lipinski definition) is 5. The van der Waals surface area contributed by atoms with Crippen LogP contribution in [0.2, 0.25) is 0 Å². The number of benzene rings is 2. The van der Waals surface area contributed by atoms with E-state index in [1.165, 1.54) is 11.8 Å². The molecule has 0 saturated carbocycles. The van der Waals surface area contributed by atoms with Crippen molar-refractivity contribution in [3.05, 3.63) is 93.4 Å². The number of thioether (sulfide) groups is 1.